The maximum atomic E-state index is 11.3. The van der Waals surface area contributed by atoms with Crippen LogP contribution in [0.4, 0.5) is 0 Å². The van der Waals surface area contributed by atoms with E-state index in [4.69, 9.17) is 4.74 Å². The number of benzene rings is 1. The van der Waals surface area contributed by atoms with Gasteiger partial charge in [0.05, 0.1) is 0 Å². The van der Waals surface area contributed by atoms with E-state index in [1.807, 2.05) is 30.3 Å². The Morgan fingerprint density at radius 2 is 2.00 bits per heavy atom. The van der Waals surface area contributed by atoms with Crippen molar-refractivity contribution >= 4 is 11.9 Å². The predicted molar refractivity (Wildman–Crippen MR) is 50.7 cm³/mol. The lowest BCUT2D eigenvalue weighted by atomic mass is 10.2. The molecule has 0 saturated carbocycles. The van der Waals surface area contributed by atoms with Crippen LogP contribution >= 0.6 is 0 Å². The Hall–Kier alpha value is -1.84. The largest absolute Gasteiger partial charge is 0.457 e. The van der Waals surface area contributed by atoms with Crippen LogP contribution in [0.1, 0.15) is 12.5 Å². The van der Waals surface area contributed by atoms with Crippen molar-refractivity contribution in [1.29, 1.82) is 0 Å². The van der Waals surface area contributed by atoms with Crippen molar-refractivity contribution in [2.75, 3.05) is 0 Å². The molecule has 0 aromatic heterocycles. The number of hydrogen-bond acceptors (Lipinski definition) is 4. The number of cyclic esters (lactones) is 1. The van der Waals surface area contributed by atoms with Crippen LogP contribution in [0.15, 0.2) is 30.3 Å². The first-order chi connectivity index (χ1) is 7.13. The highest BCUT2D eigenvalue weighted by Crippen LogP contribution is 2.29. The molecule has 0 bridgehead atoms. The number of esters is 1. The first-order valence-electron chi connectivity index (χ1n) is 4.57. The first kappa shape index (κ1) is 9.71. The normalized spacial score (nSPS) is 23.1. The summed E-state index contributed by atoms with van der Waals surface area (Å²) in [5, 5.41) is 0. The van der Waals surface area contributed by atoms with Crippen molar-refractivity contribution in [3.63, 3.8) is 0 Å². The summed E-state index contributed by atoms with van der Waals surface area (Å²) in [5.74, 6) is -1.16. The molecule has 1 aromatic rings. The van der Waals surface area contributed by atoms with Crippen LogP contribution in [-0.4, -0.2) is 17.5 Å². The average molecular weight is 206 g/mol. The van der Waals surface area contributed by atoms with Crippen molar-refractivity contribution < 1.29 is 19.1 Å². The van der Waals surface area contributed by atoms with Gasteiger partial charge in [-0.1, -0.05) is 30.3 Å². The van der Waals surface area contributed by atoms with Gasteiger partial charge >= 0.3 is 17.5 Å². The van der Waals surface area contributed by atoms with Crippen molar-refractivity contribution in [2.45, 2.75) is 19.1 Å². The van der Waals surface area contributed by atoms with E-state index in [1.165, 1.54) is 6.92 Å². The molecule has 0 radical (unpaired) electrons. The summed E-state index contributed by atoms with van der Waals surface area (Å²) < 4.78 is 9.48. The molecule has 1 atom stereocenters. The Bertz CT molecular complexity index is 398. The fourth-order valence-electron chi connectivity index (χ4n) is 1.15. The van der Waals surface area contributed by atoms with Crippen LogP contribution in [0, 0.1) is 0 Å². The highest BCUT2D eigenvalue weighted by atomic mass is 16.7. The third-order valence-corrected chi connectivity index (χ3v) is 2.25. The summed E-state index contributed by atoms with van der Waals surface area (Å²) in [6.07, 6.45) is 0. The molecule has 0 spiro atoms. The quantitative estimate of drug-likeness (QED) is 0.421. The highest BCUT2D eigenvalue weighted by molar-refractivity contribution is 6.13. The predicted octanol–water partition coefficient (Wildman–Crippen LogP) is 1.05. The molecule has 1 aromatic carbocycles. The van der Waals surface area contributed by atoms with Crippen LogP contribution in [0.25, 0.3) is 0 Å². The first-order valence-corrected chi connectivity index (χ1v) is 4.57. The van der Waals surface area contributed by atoms with E-state index >= 15 is 0 Å². The minimum Gasteiger partial charge on any atom is -0.457 e. The van der Waals surface area contributed by atoms with Gasteiger partial charge in [-0.05, 0) is 12.5 Å². The lowest BCUT2D eigenvalue weighted by molar-refractivity contribution is -0.150. The number of epoxide rings is 1. The van der Waals surface area contributed by atoms with Gasteiger partial charge in [0.1, 0.15) is 6.61 Å². The SMILES string of the molecule is CC1(C(=O)OCc2ccccc2)OC1=O. The molecule has 0 N–H and O–H groups in total. The third-order valence-electron chi connectivity index (χ3n) is 2.25. The molecule has 0 aliphatic carbocycles. The summed E-state index contributed by atoms with van der Waals surface area (Å²) in [4.78, 5) is 22.1. The molecular formula is C11H10O4. The number of carbonyl (C=O) groups excluding carboxylic acids is 2. The minimum atomic E-state index is -1.35. The van der Waals surface area contributed by atoms with Gasteiger partial charge in [-0.3, -0.25) is 0 Å². The topological polar surface area (TPSA) is 55.9 Å². The van der Waals surface area contributed by atoms with Crippen LogP contribution < -0.4 is 0 Å². The number of carbonyl (C=O) groups is 2. The molecule has 78 valence electrons. The standard InChI is InChI=1S/C11H10O4/c1-11(10(13)15-11)9(12)14-7-8-5-3-2-4-6-8/h2-6H,7H2,1H3. The lowest BCUT2D eigenvalue weighted by Crippen LogP contribution is -2.24. The third kappa shape index (κ3) is 1.83. The van der Waals surface area contributed by atoms with E-state index in [0.717, 1.165) is 5.56 Å². The Morgan fingerprint density at radius 3 is 2.53 bits per heavy atom. The smallest absolute Gasteiger partial charge is 0.364 e. The summed E-state index contributed by atoms with van der Waals surface area (Å²) in [5.41, 5.74) is -0.475. The number of hydrogen-bond donors (Lipinski definition) is 0. The maximum Gasteiger partial charge on any atom is 0.364 e. The van der Waals surface area contributed by atoms with Gasteiger partial charge < -0.3 is 9.47 Å². The van der Waals surface area contributed by atoms with E-state index < -0.39 is 17.5 Å². The molecule has 1 heterocycles. The van der Waals surface area contributed by atoms with Crippen molar-refractivity contribution in [1.82, 2.24) is 0 Å². The summed E-state index contributed by atoms with van der Waals surface area (Å²) in [6.45, 7) is 1.56. The second-order valence-corrected chi connectivity index (χ2v) is 3.48. The highest BCUT2D eigenvalue weighted by Gasteiger charge is 2.62. The van der Waals surface area contributed by atoms with Gasteiger partial charge in [-0.15, -0.1) is 0 Å². The van der Waals surface area contributed by atoms with Crippen LogP contribution in [-0.2, 0) is 25.7 Å². The second kappa shape index (κ2) is 3.38. The summed E-state index contributed by atoms with van der Waals surface area (Å²) in [7, 11) is 0. The summed E-state index contributed by atoms with van der Waals surface area (Å²) >= 11 is 0. The Morgan fingerprint density at radius 1 is 1.40 bits per heavy atom. The zero-order valence-corrected chi connectivity index (χ0v) is 8.23. The Balaban J connectivity index is 1.90. The Labute approximate surface area is 86.8 Å². The monoisotopic (exact) mass is 206 g/mol. The van der Waals surface area contributed by atoms with Gasteiger partial charge in [-0.2, -0.15) is 0 Å². The molecule has 1 saturated heterocycles. The van der Waals surface area contributed by atoms with Gasteiger partial charge in [0.15, 0.2) is 0 Å². The van der Waals surface area contributed by atoms with E-state index in [-0.39, 0.29) is 6.61 Å². The molecule has 4 heteroatoms. The molecule has 1 aliphatic rings. The second-order valence-electron chi connectivity index (χ2n) is 3.48. The molecule has 15 heavy (non-hydrogen) atoms. The molecule has 1 aliphatic heterocycles. The van der Waals surface area contributed by atoms with Crippen molar-refractivity contribution in [3.8, 4) is 0 Å². The van der Waals surface area contributed by atoms with E-state index in [0.29, 0.717) is 0 Å². The molecule has 1 unspecified atom stereocenters. The fourth-order valence-corrected chi connectivity index (χ4v) is 1.15. The molecule has 2 rings (SSSR count). The van der Waals surface area contributed by atoms with E-state index in [2.05, 4.69) is 4.74 Å². The van der Waals surface area contributed by atoms with Gasteiger partial charge in [0, 0.05) is 0 Å². The van der Waals surface area contributed by atoms with Crippen LogP contribution in [0.5, 0.6) is 0 Å². The van der Waals surface area contributed by atoms with Crippen LogP contribution in [0.3, 0.4) is 0 Å². The van der Waals surface area contributed by atoms with Crippen molar-refractivity contribution in [3.05, 3.63) is 35.9 Å². The number of ether oxygens (including phenoxy) is 2. The molecule has 0 amide bonds. The summed E-state index contributed by atoms with van der Waals surface area (Å²) in [6, 6.07) is 9.25. The lowest BCUT2D eigenvalue weighted by Gasteiger charge is -2.04. The molecular weight excluding hydrogens is 196 g/mol. The van der Waals surface area contributed by atoms with Gasteiger partial charge in [-0.25, -0.2) is 9.59 Å². The maximum absolute atomic E-state index is 11.3. The van der Waals surface area contributed by atoms with Crippen molar-refractivity contribution in [2.24, 2.45) is 0 Å². The Kier molecular flexibility index (Phi) is 2.19. The average Bonchev–Trinajstić information content (AvgIpc) is 2.86. The van der Waals surface area contributed by atoms with Gasteiger partial charge in [0.2, 0.25) is 0 Å². The molecule has 1 fully saturated rings. The van der Waals surface area contributed by atoms with E-state index in [9.17, 15) is 9.59 Å². The van der Waals surface area contributed by atoms with Crippen LogP contribution in [0.2, 0.25) is 0 Å². The minimum absolute atomic E-state index is 0.159. The zero-order valence-electron chi connectivity index (χ0n) is 8.23. The zero-order chi connectivity index (χ0) is 10.9. The fraction of sp³-hybridized carbons (Fsp3) is 0.273. The van der Waals surface area contributed by atoms with E-state index in [1.54, 1.807) is 0 Å². The molecule has 4 nitrogen and oxygen atoms in total. The number of rotatable bonds is 3. The van der Waals surface area contributed by atoms with Gasteiger partial charge in [0.25, 0.3) is 0 Å².